The number of benzene rings is 2. The highest BCUT2D eigenvalue weighted by Crippen LogP contribution is 2.26. The van der Waals surface area contributed by atoms with Crippen LogP contribution in [-0.4, -0.2) is 90.6 Å². The monoisotopic (exact) mass is 462 g/mol. The van der Waals surface area contributed by atoms with Gasteiger partial charge in [-0.1, -0.05) is 24.3 Å². The molecule has 1 saturated heterocycles. The average Bonchev–Trinajstić information content (AvgIpc) is 3.01. The molecule has 7 nitrogen and oxygen atoms in total. The van der Waals surface area contributed by atoms with Gasteiger partial charge in [-0.3, -0.25) is 14.5 Å². The lowest BCUT2D eigenvalue weighted by atomic mass is 9.97. The van der Waals surface area contributed by atoms with E-state index in [4.69, 9.17) is 0 Å². The maximum absolute atomic E-state index is 13.2. The summed E-state index contributed by atoms with van der Waals surface area (Å²) in [6, 6.07) is 14.4. The van der Waals surface area contributed by atoms with Crippen molar-refractivity contribution >= 4 is 17.5 Å². The number of rotatable bonds is 5. The fraction of sp³-hybridized carbons (Fsp3) is 0.481. The largest absolute Gasteiger partial charge is 0.390 e. The second kappa shape index (κ2) is 9.76. The quantitative estimate of drug-likeness (QED) is 0.734. The zero-order chi connectivity index (χ0) is 23.7. The van der Waals surface area contributed by atoms with Crippen LogP contribution in [-0.2, 0) is 24.2 Å². The number of hydrogen-bond acceptors (Lipinski definition) is 5. The van der Waals surface area contributed by atoms with Gasteiger partial charge in [0.15, 0.2) is 0 Å². The minimum absolute atomic E-state index is 0.0116. The molecule has 3 heterocycles. The summed E-state index contributed by atoms with van der Waals surface area (Å²) in [6.45, 7) is 5.30. The number of anilines is 1. The number of nitrogens with zero attached hydrogens (tertiary/aromatic N) is 4. The van der Waals surface area contributed by atoms with E-state index in [1.165, 1.54) is 11.1 Å². The van der Waals surface area contributed by atoms with E-state index in [1.54, 1.807) is 9.80 Å². The first-order valence-electron chi connectivity index (χ1n) is 12.4. The Kier molecular flexibility index (Phi) is 6.57. The summed E-state index contributed by atoms with van der Waals surface area (Å²) in [5.41, 5.74) is 5.48. The maximum atomic E-state index is 13.2. The van der Waals surface area contributed by atoms with E-state index in [1.807, 2.05) is 19.2 Å². The number of aliphatic hydroxyl groups is 1. The summed E-state index contributed by atoms with van der Waals surface area (Å²) in [5, 5.41) is 10.8. The molecule has 0 bridgehead atoms. The molecule has 7 heteroatoms. The summed E-state index contributed by atoms with van der Waals surface area (Å²) in [4.78, 5) is 33.4. The molecule has 0 aliphatic carbocycles. The van der Waals surface area contributed by atoms with Gasteiger partial charge in [-0.25, -0.2) is 0 Å². The number of amides is 2. The molecule has 2 aromatic rings. The van der Waals surface area contributed by atoms with Crippen molar-refractivity contribution in [3.63, 3.8) is 0 Å². The van der Waals surface area contributed by atoms with Crippen LogP contribution in [0.5, 0.6) is 0 Å². The zero-order valence-corrected chi connectivity index (χ0v) is 19.9. The molecule has 3 aliphatic rings. The normalized spacial score (nSPS) is 20.1. The molecule has 1 fully saturated rings. The van der Waals surface area contributed by atoms with Crippen LogP contribution in [0.25, 0.3) is 0 Å². The third-order valence-corrected chi connectivity index (χ3v) is 7.41. The van der Waals surface area contributed by atoms with Gasteiger partial charge < -0.3 is 19.8 Å². The van der Waals surface area contributed by atoms with Crippen LogP contribution in [0.3, 0.4) is 0 Å². The molecular weight excluding hydrogens is 428 g/mol. The molecule has 180 valence electrons. The fourth-order valence-corrected chi connectivity index (χ4v) is 5.42. The first-order valence-corrected chi connectivity index (χ1v) is 12.4. The molecule has 5 rings (SSSR count). The van der Waals surface area contributed by atoms with Crippen LogP contribution in [0.2, 0.25) is 0 Å². The van der Waals surface area contributed by atoms with Crippen LogP contribution in [0, 0.1) is 0 Å². The van der Waals surface area contributed by atoms with E-state index in [2.05, 4.69) is 40.1 Å². The molecule has 34 heavy (non-hydrogen) atoms. The number of likely N-dealkylation sites (N-methyl/N-ethyl adjacent to an activating group) is 1. The van der Waals surface area contributed by atoms with Gasteiger partial charge in [0.05, 0.1) is 12.6 Å². The molecule has 1 atom stereocenters. The summed E-state index contributed by atoms with van der Waals surface area (Å²) >= 11 is 0. The van der Waals surface area contributed by atoms with Crippen molar-refractivity contribution < 1.29 is 14.7 Å². The molecule has 0 saturated carbocycles. The van der Waals surface area contributed by atoms with Crippen molar-refractivity contribution in [3.05, 3.63) is 64.7 Å². The van der Waals surface area contributed by atoms with E-state index >= 15 is 0 Å². The lowest BCUT2D eigenvalue weighted by molar-refractivity contribution is -0.127. The molecule has 3 aliphatic heterocycles. The summed E-state index contributed by atoms with van der Waals surface area (Å²) < 4.78 is 0. The van der Waals surface area contributed by atoms with Gasteiger partial charge in [0.1, 0.15) is 0 Å². The number of β-amino-alcohol motifs (C(OH)–C–C–N with tert-alkyl or cyclic N) is 1. The lowest BCUT2D eigenvalue weighted by Gasteiger charge is -2.34. The Balaban J connectivity index is 1.20. The second-order valence-corrected chi connectivity index (χ2v) is 9.84. The Morgan fingerprint density at radius 2 is 1.68 bits per heavy atom. The summed E-state index contributed by atoms with van der Waals surface area (Å²) in [5.74, 6) is 0.117. The zero-order valence-electron chi connectivity index (χ0n) is 19.9. The van der Waals surface area contributed by atoms with E-state index < -0.39 is 6.10 Å². The maximum Gasteiger partial charge on any atom is 0.254 e. The summed E-state index contributed by atoms with van der Waals surface area (Å²) in [6.07, 6.45) is 2.13. The topological polar surface area (TPSA) is 67.3 Å². The van der Waals surface area contributed by atoms with Crippen molar-refractivity contribution in [1.82, 2.24) is 14.7 Å². The molecule has 2 amide bonds. The smallest absolute Gasteiger partial charge is 0.254 e. The van der Waals surface area contributed by atoms with Crippen LogP contribution in [0.4, 0.5) is 5.69 Å². The van der Waals surface area contributed by atoms with Gasteiger partial charge in [0, 0.05) is 64.1 Å². The highest BCUT2D eigenvalue weighted by Gasteiger charge is 2.28. The van der Waals surface area contributed by atoms with Crippen molar-refractivity contribution in [3.8, 4) is 0 Å². The Bertz CT molecular complexity index is 1070. The van der Waals surface area contributed by atoms with Crippen molar-refractivity contribution in [2.24, 2.45) is 0 Å². The molecule has 2 aromatic carbocycles. The number of fused-ring (bicyclic) bond motifs is 2. The van der Waals surface area contributed by atoms with Crippen molar-refractivity contribution in [1.29, 1.82) is 0 Å². The van der Waals surface area contributed by atoms with Crippen LogP contribution in [0.15, 0.2) is 42.5 Å². The summed E-state index contributed by atoms with van der Waals surface area (Å²) in [7, 11) is 1.85. The van der Waals surface area contributed by atoms with Gasteiger partial charge in [0.25, 0.3) is 5.91 Å². The van der Waals surface area contributed by atoms with Gasteiger partial charge in [-0.15, -0.1) is 0 Å². The Hall–Kier alpha value is -2.90. The third kappa shape index (κ3) is 4.81. The van der Waals surface area contributed by atoms with E-state index in [0.717, 1.165) is 56.7 Å². The first-order chi connectivity index (χ1) is 16.5. The third-order valence-electron chi connectivity index (χ3n) is 7.41. The Labute approximate surface area is 201 Å². The number of carbonyl (C=O) groups is 2. The Morgan fingerprint density at radius 3 is 2.53 bits per heavy atom. The molecule has 0 radical (unpaired) electrons. The lowest BCUT2D eigenvalue weighted by Crippen LogP contribution is -2.46. The van der Waals surface area contributed by atoms with Crippen LogP contribution < -0.4 is 4.90 Å². The van der Waals surface area contributed by atoms with E-state index in [9.17, 15) is 14.7 Å². The molecule has 0 aromatic heterocycles. The predicted molar refractivity (Wildman–Crippen MR) is 132 cm³/mol. The fourth-order valence-electron chi connectivity index (χ4n) is 5.42. The number of aliphatic hydroxyl groups excluding tert-OH is 1. The highest BCUT2D eigenvalue weighted by molar-refractivity contribution is 5.97. The molecular formula is C27H34N4O3. The highest BCUT2D eigenvalue weighted by atomic mass is 16.3. The Morgan fingerprint density at radius 1 is 0.882 bits per heavy atom. The van der Waals surface area contributed by atoms with E-state index in [0.29, 0.717) is 31.7 Å². The minimum Gasteiger partial charge on any atom is -0.390 e. The first kappa shape index (κ1) is 22.9. The van der Waals surface area contributed by atoms with Crippen molar-refractivity contribution in [2.45, 2.75) is 31.9 Å². The van der Waals surface area contributed by atoms with E-state index in [-0.39, 0.29) is 11.8 Å². The predicted octanol–water partition coefficient (Wildman–Crippen LogP) is 1.77. The van der Waals surface area contributed by atoms with Gasteiger partial charge >= 0.3 is 0 Å². The molecule has 1 N–H and O–H groups in total. The number of hydrogen-bond donors (Lipinski definition) is 1. The van der Waals surface area contributed by atoms with Gasteiger partial charge in [-0.05, 0) is 54.2 Å². The molecule has 0 spiro atoms. The van der Waals surface area contributed by atoms with Crippen LogP contribution in [0.1, 0.15) is 33.5 Å². The van der Waals surface area contributed by atoms with Gasteiger partial charge in [0.2, 0.25) is 5.91 Å². The number of carbonyl (C=O) groups excluding carboxylic acids is 2. The van der Waals surface area contributed by atoms with Gasteiger partial charge in [-0.2, -0.15) is 0 Å². The standard InChI is InChI=1S/C27H34N4O3/c1-28-11-4-12-30(19-26(28)33)23-7-8-25-21(15-23)10-14-31(27(25)34)18-24(32)17-29-13-9-20-5-2-3-6-22(20)16-29/h2-3,5-8,15,24,32H,4,9-14,16-19H2,1H3/t24-/m1/s1. The van der Waals surface area contributed by atoms with Crippen molar-refractivity contribution in [2.75, 3.05) is 57.8 Å². The minimum atomic E-state index is -0.574. The second-order valence-electron chi connectivity index (χ2n) is 9.84. The SMILES string of the molecule is CN1CCCN(c2ccc3c(c2)CCN(C[C@H](O)CN2CCc4ccccc4C2)C3=O)CC1=O. The van der Waals surface area contributed by atoms with Crippen LogP contribution >= 0.6 is 0 Å². The average molecular weight is 463 g/mol. The molecule has 0 unspecified atom stereocenters.